The molecule has 0 radical (unpaired) electrons. The Morgan fingerprint density at radius 1 is 1.47 bits per heavy atom. The van der Waals surface area contributed by atoms with Crippen LogP contribution >= 0.6 is 15.9 Å². The number of hydrogen-bond acceptors (Lipinski definition) is 2. The summed E-state index contributed by atoms with van der Waals surface area (Å²) < 4.78 is 27.3. The van der Waals surface area contributed by atoms with E-state index in [1.807, 2.05) is 6.07 Å². The molecular weight excluding hydrogens is 318 g/mol. The number of likely N-dealkylation sites (tertiary alicyclic amines) is 1. The first-order valence-electron chi connectivity index (χ1n) is 5.80. The topological polar surface area (TPSA) is 44.1 Å². The van der Waals surface area contributed by atoms with Gasteiger partial charge < -0.3 is 4.90 Å². The van der Waals surface area contributed by atoms with Crippen molar-refractivity contribution >= 4 is 21.8 Å². The number of rotatable bonds is 1. The van der Waals surface area contributed by atoms with Crippen LogP contribution in [0.5, 0.6) is 0 Å². The van der Waals surface area contributed by atoms with Crippen molar-refractivity contribution in [2.24, 2.45) is 0 Å². The van der Waals surface area contributed by atoms with Crippen molar-refractivity contribution in [2.45, 2.75) is 18.8 Å². The molecule has 19 heavy (non-hydrogen) atoms. The van der Waals surface area contributed by atoms with Crippen molar-refractivity contribution < 1.29 is 13.6 Å². The van der Waals surface area contributed by atoms with Gasteiger partial charge in [-0.2, -0.15) is 5.26 Å². The molecule has 0 aliphatic carbocycles. The maximum atomic E-state index is 13.3. The molecule has 100 valence electrons. The monoisotopic (exact) mass is 328 g/mol. The molecule has 0 aromatic heterocycles. The fourth-order valence-electron chi connectivity index (χ4n) is 2.11. The van der Waals surface area contributed by atoms with Crippen LogP contribution in [0.4, 0.5) is 8.78 Å². The summed E-state index contributed by atoms with van der Waals surface area (Å²) in [6, 6.07) is 6.53. The Balaban J connectivity index is 2.27. The van der Waals surface area contributed by atoms with Crippen LogP contribution < -0.4 is 0 Å². The van der Waals surface area contributed by atoms with E-state index in [1.54, 1.807) is 6.07 Å². The van der Waals surface area contributed by atoms with Gasteiger partial charge >= 0.3 is 0 Å². The van der Waals surface area contributed by atoms with Crippen molar-refractivity contribution in [3.8, 4) is 6.07 Å². The molecule has 0 atom stereocenters. The zero-order valence-electron chi connectivity index (χ0n) is 10.00. The molecule has 1 fully saturated rings. The van der Waals surface area contributed by atoms with Gasteiger partial charge in [0.1, 0.15) is 0 Å². The number of nitrogens with zero attached hydrogens (tertiary/aromatic N) is 2. The summed E-state index contributed by atoms with van der Waals surface area (Å²) >= 11 is 3.20. The first-order valence-corrected chi connectivity index (χ1v) is 6.59. The van der Waals surface area contributed by atoms with Gasteiger partial charge in [-0.3, -0.25) is 4.79 Å². The molecule has 0 N–H and O–H groups in total. The fraction of sp³-hybridized carbons (Fsp3) is 0.385. The normalized spacial score (nSPS) is 17.9. The van der Waals surface area contributed by atoms with Crippen LogP contribution in [0.15, 0.2) is 22.7 Å². The molecule has 0 unspecified atom stereocenters. The Labute approximate surface area is 117 Å². The van der Waals surface area contributed by atoms with E-state index in [0.29, 0.717) is 11.0 Å². The Morgan fingerprint density at radius 3 is 2.84 bits per heavy atom. The number of nitriles is 1. The van der Waals surface area contributed by atoms with Crippen molar-refractivity contribution in [1.29, 1.82) is 5.26 Å². The summed E-state index contributed by atoms with van der Waals surface area (Å²) in [6.45, 7) is -0.276. The molecule has 2 rings (SSSR count). The quantitative estimate of drug-likeness (QED) is 0.794. The van der Waals surface area contributed by atoms with E-state index in [4.69, 9.17) is 5.26 Å². The van der Waals surface area contributed by atoms with Crippen LogP contribution in [-0.2, 0) is 0 Å². The molecule has 1 aliphatic heterocycles. The number of piperidine rings is 1. The van der Waals surface area contributed by atoms with E-state index >= 15 is 0 Å². The number of amides is 1. The molecular formula is C13H11BrF2N2O. The molecule has 1 aliphatic rings. The molecule has 6 heteroatoms. The lowest BCUT2D eigenvalue weighted by Crippen LogP contribution is -2.45. The van der Waals surface area contributed by atoms with Gasteiger partial charge in [0.15, 0.2) is 0 Å². The average molecular weight is 329 g/mol. The molecule has 0 spiro atoms. The third-order valence-corrected chi connectivity index (χ3v) is 3.51. The van der Waals surface area contributed by atoms with E-state index in [9.17, 15) is 13.6 Å². The number of halogens is 3. The highest BCUT2D eigenvalue weighted by Crippen LogP contribution is 2.28. The molecule has 1 saturated heterocycles. The molecule has 0 bridgehead atoms. The van der Waals surface area contributed by atoms with Crippen molar-refractivity contribution in [3.63, 3.8) is 0 Å². The second-order valence-corrected chi connectivity index (χ2v) is 5.40. The van der Waals surface area contributed by atoms with Crippen LogP contribution in [-0.4, -0.2) is 29.8 Å². The Hall–Kier alpha value is -1.48. The minimum atomic E-state index is -2.84. The summed E-state index contributed by atoms with van der Waals surface area (Å²) in [6.07, 6.45) is 0.0827. The predicted molar refractivity (Wildman–Crippen MR) is 68.9 cm³/mol. The lowest BCUT2D eigenvalue weighted by atomic mass is 10.0. The van der Waals surface area contributed by atoms with Gasteiger partial charge in [0.2, 0.25) is 0 Å². The molecule has 3 nitrogen and oxygen atoms in total. The van der Waals surface area contributed by atoms with Gasteiger partial charge in [-0.15, -0.1) is 0 Å². The Bertz CT molecular complexity index is 554. The minimum Gasteiger partial charge on any atom is -0.333 e. The van der Waals surface area contributed by atoms with Crippen LogP contribution in [0.1, 0.15) is 28.8 Å². The van der Waals surface area contributed by atoms with Gasteiger partial charge in [-0.1, -0.05) is 15.9 Å². The summed E-state index contributed by atoms with van der Waals surface area (Å²) in [5, 5.41) is 9.00. The predicted octanol–water partition coefficient (Wildman–Crippen LogP) is 3.19. The SMILES string of the molecule is N#Cc1cc(Br)ccc1C(=O)N1CCCC(F)(F)C1. The summed E-state index contributed by atoms with van der Waals surface area (Å²) in [5.74, 6) is -3.35. The number of hydrogen-bond donors (Lipinski definition) is 0. The lowest BCUT2D eigenvalue weighted by Gasteiger charge is -2.32. The fourth-order valence-corrected chi connectivity index (χ4v) is 2.47. The van der Waals surface area contributed by atoms with E-state index in [2.05, 4.69) is 15.9 Å². The van der Waals surface area contributed by atoms with Crippen LogP contribution in [0.25, 0.3) is 0 Å². The zero-order chi connectivity index (χ0) is 14.0. The highest BCUT2D eigenvalue weighted by atomic mass is 79.9. The van der Waals surface area contributed by atoms with Crippen LogP contribution in [0.3, 0.4) is 0 Å². The standard InChI is InChI=1S/C13H11BrF2N2O/c14-10-2-3-11(9(6-10)7-17)12(19)18-5-1-4-13(15,16)8-18/h2-3,6H,1,4-5,8H2. The number of carbonyl (C=O) groups is 1. The van der Waals surface area contributed by atoms with E-state index in [-0.39, 0.29) is 24.0 Å². The van der Waals surface area contributed by atoms with E-state index in [1.165, 1.54) is 12.1 Å². The van der Waals surface area contributed by atoms with Gasteiger partial charge in [-0.05, 0) is 24.6 Å². The third kappa shape index (κ3) is 3.10. The average Bonchev–Trinajstić information content (AvgIpc) is 2.36. The summed E-state index contributed by atoms with van der Waals surface area (Å²) in [7, 11) is 0. The first-order chi connectivity index (χ1) is 8.93. The third-order valence-electron chi connectivity index (χ3n) is 3.01. The van der Waals surface area contributed by atoms with Crippen molar-refractivity contribution in [2.75, 3.05) is 13.1 Å². The lowest BCUT2D eigenvalue weighted by molar-refractivity contribution is -0.0560. The number of benzene rings is 1. The molecule has 1 heterocycles. The highest BCUT2D eigenvalue weighted by molar-refractivity contribution is 9.10. The smallest absolute Gasteiger partial charge is 0.265 e. The van der Waals surface area contributed by atoms with Gasteiger partial charge in [0.25, 0.3) is 11.8 Å². The molecule has 1 amide bonds. The largest absolute Gasteiger partial charge is 0.333 e. The second-order valence-electron chi connectivity index (χ2n) is 4.49. The van der Waals surface area contributed by atoms with Crippen LogP contribution in [0, 0.1) is 11.3 Å². The van der Waals surface area contributed by atoms with E-state index in [0.717, 1.165) is 4.90 Å². The van der Waals surface area contributed by atoms with Crippen LogP contribution in [0.2, 0.25) is 0 Å². The Morgan fingerprint density at radius 2 is 2.21 bits per heavy atom. The highest BCUT2D eigenvalue weighted by Gasteiger charge is 2.37. The second kappa shape index (κ2) is 5.25. The van der Waals surface area contributed by atoms with Gasteiger partial charge in [0.05, 0.1) is 23.7 Å². The first kappa shape index (κ1) is 13.9. The van der Waals surface area contributed by atoms with Crippen molar-refractivity contribution in [3.05, 3.63) is 33.8 Å². The maximum absolute atomic E-state index is 13.3. The maximum Gasteiger partial charge on any atom is 0.265 e. The van der Waals surface area contributed by atoms with Gasteiger partial charge in [0, 0.05) is 17.4 Å². The van der Waals surface area contributed by atoms with Crippen molar-refractivity contribution in [1.82, 2.24) is 4.90 Å². The van der Waals surface area contributed by atoms with E-state index < -0.39 is 18.4 Å². The number of carbonyl (C=O) groups excluding carboxylic acids is 1. The zero-order valence-corrected chi connectivity index (χ0v) is 11.6. The molecule has 0 saturated carbocycles. The molecule has 1 aromatic carbocycles. The molecule has 1 aromatic rings. The van der Waals surface area contributed by atoms with Gasteiger partial charge in [-0.25, -0.2) is 8.78 Å². The summed E-state index contributed by atoms with van der Waals surface area (Å²) in [4.78, 5) is 13.3. The summed E-state index contributed by atoms with van der Waals surface area (Å²) in [5.41, 5.74) is 0.358. The Kier molecular flexibility index (Phi) is 3.85. The minimum absolute atomic E-state index is 0.170. The number of alkyl halides is 2.